The molecule has 0 fully saturated rings. The number of amides is 2. The predicted octanol–water partition coefficient (Wildman–Crippen LogP) is 5.36. The molecule has 0 saturated heterocycles. The predicted molar refractivity (Wildman–Crippen MR) is 225 cm³/mol. The van der Waals surface area contributed by atoms with Crippen molar-refractivity contribution in [1.29, 1.82) is 0 Å². The van der Waals surface area contributed by atoms with Gasteiger partial charge in [0.15, 0.2) is 6.54 Å². The number of hydrogen-bond acceptors (Lipinski definition) is 7. The van der Waals surface area contributed by atoms with Crippen molar-refractivity contribution in [2.24, 2.45) is 0 Å². The lowest BCUT2D eigenvalue weighted by molar-refractivity contribution is -0.434. The van der Waals surface area contributed by atoms with Gasteiger partial charge in [0, 0.05) is 41.9 Å². The molecule has 0 spiro atoms. The number of carbonyl (C=O) groups is 4. The van der Waals surface area contributed by atoms with Crippen molar-refractivity contribution in [3.8, 4) is 0 Å². The third kappa shape index (κ3) is 8.38. The smallest absolute Gasteiger partial charge is 0.328 e. The number of aliphatic carboxylic acids is 2. The highest BCUT2D eigenvalue weighted by molar-refractivity contribution is 6.32. The van der Waals surface area contributed by atoms with Gasteiger partial charge in [-0.2, -0.15) is 4.58 Å². The first-order chi connectivity index (χ1) is 27.9. The van der Waals surface area contributed by atoms with E-state index in [4.69, 9.17) is 0 Å². The first-order valence-electron chi connectivity index (χ1n) is 19.0. The van der Waals surface area contributed by atoms with Crippen LogP contribution in [0.1, 0.15) is 37.8 Å². The van der Waals surface area contributed by atoms with E-state index in [0.29, 0.717) is 0 Å². The Morgan fingerprint density at radius 2 is 1.33 bits per heavy atom. The standard InChI is InChI=1S/C46H46N4O8/c1-29-36(49(25-23-40(53)47-34(27-51)44(55)56)37-21-19-30-13-9-11-15-32(30)42(29)37)17-7-5-4-6-8-18-39-46(2,3)43-33-16-12-10-14-31(33)20-22-38(43)50(39)26-24-41(54)48-35(28-52)45(57)58/h4-22,34-35,51-52H,1,23-28H2,2-3H3,(H3-,47,48,53,54,55,56,57,58)/p+1. The Labute approximate surface area is 336 Å². The van der Waals surface area contributed by atoms with Crippen molar-refractivity contribution in [2.75, 3.05) is 31.2 Å². The van der Waals surface area contributed by atoms with Crippen LogP contribution in [-0.2, 0) is 24.6 Å². The van der Waals surface area contributed by atoms with Crippen molar-refractivity contribution in [3.63, 3.8) is 0 Å². The van der Waals surface area contributed by atoms with E-state index in [1.165, 1.54) is 0 Å². The molecule has 0 aliphatic carbocycles. The Bertz CT molecular complexity index is 2460. The molecule has 6 N–H and O–H groups in total. The van der Waals surface area contributed by atoms with E-state index < -0.39 is 54.5 Å². The number of nitrogens with one attached hydrogen (secondary N) is 2. The molecule has 2 amide bonds. The van der Waals surface area contributed by atoms with Gasteiger partial charge in [0.2, 0.25) is 23.2 Å². The SMILES string of the molecule is C=C1C(/C=C/C=C/C=C/C=C2\N(CCC(=O)NC(CO)C(=O)O)c3ccc4ccccc4c3C2(C)C)=[N+](CCC(=O)NC(CO)C(=O)O)c2ccc3ccccc3c21. The van der Waals surface area contributed by atoms with Crippen LogP contribution in [0.2, 0.25) is 0 Å². The second-order valence-corrected chi connectivity index (χ2v) is 14.6. The third-order valence-corrected chi connectivity index (χ3v) is 10.6. The minimum atomic E-state index is -1.38. The van der Waals surface area contributed by atoms with Crippen LogP contribution in [0.3, 0.4) is 0 Å². The zero-order valence-corrected chi connectivity index (χ0v) is 32.4. The molecule has 298 valence electrons. The average Bonchev–Trinajstić information content (AvgIpc) is 3.61. The summed E-state index contributed by atoms with van der Waals surface area (Å²) in [5, 5.41) is 46.4. The van der Waals surface area contributed by atoms with Gasteiger partial charge in [-0.1, -0.05) is 105 Å². The highest BCUT2D eigenvalue weighted by Crippen LogP contribution is 2.50. The number of allylic oxidation sites excluding steroid dienone is 9. The van der Waals surface area contributed by atoms with Crippen molar-refractivity contribution < 1.29 is 44.2 Å². The van der Waals surface area contributed by atoms with Crippen LogP contribution in [-0.4, -0.2) is 92.9 Å². The molecule has 4 aromatic carbocycles. The van der Waals surface area contributed by atoms with Gasteiger partial charge >= 0.3 is 11.9 Å². The van der Waals surface area contributed by atoms with Crippen LogP contribution >= 0.6 is 0 Å². The van der Waals surface area contributed by atoms with Gasteiger partial charge < -0.3 is 36.0 Å². The van der Waals surface area contributed by atoms with Crippen LogP contribution in [0.25, 0.3) is 27.1 Å². The summed E-state index contributed by atoms with van der Waals surface area (Å²) in [4.78, 5) is 50.4. The maximum Gasteiger partial charge on any atom is 0.328 e. The summed E-state index contributed by atoms with van der Waals surface area (Å²) in [7, 11) is 0. The lowest BCUT2D eigenvalue weighted by atomic mass is 9.81. The van der Waals surface area contributed by atoms with E-state index in [1.807, 2.05) is 102 Å². The monoisotopic (exact) mass is 783 g/mol. The molecule has 0 bridgehead atoms. The molecule has 2 heterocycles. The molecule has 2 atom stereocenters. The summed E-state index contributed by atoms with van der Waals surface area (Å²) in [5.41, 5.74) is 6.02. The van der Waals surface area contributed by atoms with Crippen LogP contribution in [0.5, 0.6) is 0 Å². The summed E-state index contributed by atoms with van der Waals surface area (Å²) < 4.78 is 1.99. The summed E-state index contributed by atoms with van der Waals surface area (Å²) in [6, 6.07) is 21.5. The summed E-state index contributed by atoms with van der Waals surface area (Å²) in [6.07, 6.45) is 13.4. The van der Waals surface area contributed by atoms with E-state index in [1.54, 1.807) is 0 Å². The molecule has 4 aromatic rings. The zero-order chi connectivity index (χ0) is 41.6. The van der Waals surface area contributed by atoms with E-state index in [0.717, 1.165) is 61.0 Å². The Morgan fingerprint density at radius 1 is 0.759 bits per heavy atom. The number of benzene rings is 4. The number of nitrogens with zero attached hydrogens (tertiary/aromatic N) is 2. The van der Waals surface area contributed by atoms with Gasteiger partial charge in [-0.05, 0) is 45.3 Å². The molecular weight excluding hydrogens is 737 g/mol. The van der Waals surface area contributed by atoms with Gasteiger partial charge in [0.25, 0.3) is 0 Å². The lowest BCUT2D eigenvalue weighted by Crippen LogP contribution is -2.44. The number of aliphatic hydroxyl groups is 2. The Balaban J connectivity index is 1.24. The summed E-state index contributed by atoms with van der Waals surface area (Å²) >= 11 is 0. The molecule has 12 nitrogen and oxygen atoms in total. The molecule has 0 aromatic heterocycles. The molecule has 0 saturated carbocycles. The minimum absolute atomic E-state index is 0.00880. The van der Waals surface area contributed by atoms with Gasteiger partial charge in [-0.3, -0.25) is 9.59 Å². The molecule has 6 rings (SSSR count). The molecule has 2 aliphatic rings. The number of carbonyl (C=O) groups excluding carboxylic acids is 2. The number of hydrogen-bond donors (Lipinski definition) is 6. The number of fused-ring (bicyclic) bond motifs is 6. The Hall–Kier alpha value is -6.63. The molecular formula is C46H47N4O8+. The number of rotatable bonds is 16. The average molecular weight is 784 g/mol. The van der Waals surface area contributed by atoms with E-state index in [9.17, 15) is 39.6 Å². The van der Waals surface area contributed by atoms with Crippen LogP contribution in [0.4, 0.5) is 11.4 Å². The van der Waals surface area contributed by atoms with Crippen LogP contribution in [0.15, 0.2) is 128 Å². The van der Waals surface area contributed by atoms with E-state index in [-0.39, 0.29) is 25.9 Å². The first kappa shape index (κ1) is 41.0. The first-order valence-corrected chi connectivity index (χ1v) is 19.0. The number of carboxylic acid groups (broad SMARTS) is 2. The second-order valence-electron chi connectivity index (χ2n) is 14.6. The fraction of sp³-hybridized carbons (Fsp3) is 0.239. The lowest BCUT2D eigenvalue weighted by Gasteiger charge is -2.27. The highest BCUT2D eigenvalue weighted by Gasteiger charge is 2.41. The summed E-state index contributed by atoms with van der Waals surface area (Å²) in [6.45, 7) is 7.82. The van der Waals surface area contributed by atoms with Crippen molar-refractivity contribution in [1.82, 2.24) is 10.6 Å². The zero-order valence-electron chi connectivity index (χ0n) is 32.4. The normalized spacial score (nSPS) is 16.5. The fourth-order valence-corrected chi connectivity index (χ4v) is 7.75. The maximum absolute atomic E-state index is 12.8. The maximum atomic E-state index is 12.8. The number of carboxylic acids is 2. The topological polar surface area (TPSA) is 180 Å². The number of aliphatic hydroxyl groups excluding tert-OH is 2. The molecule has 2 aliphatic heterocycles. The molecule has 58 heavy (non-hydrogen) atoms. The summed E-state index contributed by atoms with van der Waals surface area (Å²) in [5.74, 6) is -3.59. The third-order valence-electron chi connectivity index (χ3n) is 10.6. The Kier molecular flexibility index (Phi) is 12.5. The molecule has 2 unspecified atom stereocenters. The van der Waals surface area contributed by atoms with Crippen LogP contribution < -0.4 is 15.5 Å². The van der Waals surface area contributed by atoms with Gasteiger partial charge in [0.05, 0.1) is 30.8 Å². The largest absolute Gasteiger partial charge is 0.480 e. The highest BCUT2D eigenvalue weighted by atomic mass is 16.4. The van der Waals surface area contributed by atoms with Gasteiger partial charge in [-0.25, -0.2) is 9.59 Å². The quantitative estimate of drug-likeness (QED) is 0.0645. The molecule has 0 radical (unpaired) electrons. The van der Waals surface area contributed by atoms with E-state index >= 15 is 0 Å². The number of anilines is 1. The Morgan fingerprint density at radius 3 is 1.98 bits per heavy atom. The van der Waals surface area contributed by atoms with Gasteiger partial charge in [-0.15, -0.1) is 0 Å². The van der Waals surface area contributed by atoms with Crippen molar-refractivity contribution in [2.45, 2.75) is 44.2 Å². The molecule has 12 heteroatoms. The minimum Gasteiger partial charge on any atom is -0.480 e. The fourth-order valence-electron chi connectivity index (χ4n) is 7.75. The second kappa shape index (κ2) is 17.7. The van der Waals surface area contributed by atoms with Crippen LogP contribution in [0, 0.1) is 0 Å². The van der Waals surface area contributed by atoms with Crippen molar-refractivity contribution in [3.05, 3.63) is 139 Å². The van der Waals surface area contributed by atoms with Crippen molar-refractivity contribution >= 4 is 68.0 Å². The van der Waals surface area contributed by atoms with E-state index in [2.05, 4.69) is 54.2 Å². The van der Waals surface area contributed by atoms with Gasteiger partial charge in [0.1, 0.15) is 12.1 Å².